The van der Waals surface area contributed by atoms with Crippen LogP contribution in [0.15, 0.2) is 24.3 Å². The van der Waals surface area contributed by atoms with Gasteiger partial charge < -0.3 is 9.47 Å². The van der Waals surface area contributed by atoms with Crippen LogP contribution in [0.4, 0.5) is 0 Å². The Morgan fingerprint density at radius 2 is 2.00 bits per heavy atom. The number of hydroxylamine groups is 1. The molecular formula is C11H15NO4. The fourth-order valence-corrected chi connectivity index (χ4v) is 1.06. The summed E-state index contributed by atoms with van der Waals surface area (Å²) >= 11 is 0. The Hall–Kier alpha value is -1.75. The molecule has 0 aliphatic carbocycles. The lowest BCUT2D eigenvalue weighted by molar-refractivity contribution is -0.135. The van der Waals surface area contributed by atoms with Gasteiger partial charge in [0, 0.05) is 0 Å². The maximum absolute atomic E-state index is 11.2. The molecule has 0 bridgehead atoms. The molecule has 0 unspecified atom stereocenters. The Balaban J connectivity index is 2.44. The highest BCUT2D eigenvalue weighted by Crippen LogP contribution is 2.25. The minimum Gasteiger partial charge on any atom is -0.493 e. The van der Waals surface area contributed by atoms with Crippen LogP contribution in [-0.2, 0) is 9.63 Å². The van der Waals surface area contributed by atoms with E-state index in [0.717, 1.165) is 0 Å². The van der Waals surface area contributed by atoms with Gasteiger partial charge in [0.2, 0.25) is 0 Å². The smallest absolute Gasteiger partial charge is 0.281 e. The molecule has 0 spiro atoms. The number of carbonyl (C=O) groups excluding carboxylic acids is 1. The summed E-state index contributed by atoms with van der Waals surface area (Å²) in [5.41, 5.74) is 2.24. The number of hydrogen-bond acceptors (Lipinski definition) is 4. The zero-order chi connectivity index (χ0) is 11.8. The summed E-state index contributed by atoms with van der Waals surface area (Å²) in [5, 5.41) is 0. The fourth-order valence-electron chi connectivity index (χ4n) is 1.06. The van der Waals surface area contributed by atoms with Gasteiger partial charge in [0.15, 0.2) is 18.1 Å². The largest absolute Gasteiger partial charge is 0.493 e. The van der Waals surface area contributed by atoms with Gasteiger partial charge in [0.05, 0.1) is 13.7 Å². The first kappa shape index (κ1) is 12.3. The van der Waals surface area contributed by atoms with Crippen LogP contribution in [0.5, 0.6) is 11.5 Å². The second-order valence-corrected chi connectivity index (χ2v) is 2.90. The fraction of sp³-hybridized carbons (Fsp3) is 0.364. The second-order valence-electron chi connectivity index (χ2n) is 2.90. The Bertz CT molecular complexity index is 341. The van der Waals surface area contributed by atoms with E-state index in [-0.39, 0.29) is 12.5 Å². The summed E-state index contributed by atoms with van der Waals surface area (Å²) < 4.78 is 10.3. The van der Waals surface area contributed by atoms with E-state index >= 15 is 0 Å². The van der Waals surface area contributed by atoms with Gasteiger partial charge in [-0.3, -0.25) is 9.63 Å². The third-order valence-electron chi connectivity index (χ3n) is 1.76. The van der Waals surface area contributed by atoms with Crippen LogP contribution in [0, 0.1) is 0 Å². The lowest BCUT2D eigenvalue weighted by atomic mass is 10.3. The van der Waals surface area contributed by atoms with Gasteiger partial charge in [-0.05, 0) is 19.1 Å². The van der Waals surface area contributed by atoms with E-state index in [1.165, 1.54) is 0 Å². The molecule has 0 radical (unpaired) electrons. The molecule has 5 heteroatoms. The molecule has 1 aromatic carbocycles. The molecule has 88 valence electrons. The van der Waals surface area contributed by atoms with Gasteiger partial charge in [-0.1, -0.05) is 12.1 Å². The maximum atomic E-state index is 11.2. The van der Waals surface area contributed by atoms with Crippen molar-refractivity contribution in [1.82, 2.24) is 5.48 Å². The average Bonchev–Trinajstić information content (AvgIpc) is 2.34. The monoisotopic (exact) mass is 225 g/mol. The third kappa shape index (κ3) is 3.78. The Labute approximate surface area is 94.3 Å². The first-order chi connectivity index (χ1) is 7.77. The summed E-state index contributed by atoms with van der Waals surface area (Å²) in [6.07, 6.45) is 0. The number of hydrogen-bond donors (Lipinski definition) is 1. The molecule has 0 atom stereocenters. The number of amides is 1. The van der Waals surface area contributed by atoms with Gasteiger partial charge in [-0.2, -0.15) is 0 Å². The first-order valence-electron chi connectivity index (χ1n) is 4.94. The van der Waals surface area contributed by atoms with Crippen LogP contribution < -0.4 is 15.0 Å². The minimum atomic E-state index is -0.340. The van der Waals surface area contributed by atoms with E-state index in [9.17, 15) is 4.79 Å². The third-order valence-corrected chi connectivity index (χ3v) is 1.76. The molecule has 0 aliphatic heterocycles. The van der Waals surface area contributed by atoms with Crippen molar-refractivity contribution in [2.24, 2.45) is 0 Å². The molecule has 1 amide bonds. The van der Waals surface area contributed by atoms with E-state index in [0.29, 0.717) is 18.1 Å². The molecule has 0 fully saturated rings. The van der Waals surface area contributed by atoms with Crippen LogP contribution in [-0.4, -0.2) is 26.2 Å². The van der Waals surface area contributed by atoms with Gasteiger partial charge in [0.25, 0.3) is 5.91 Å². The van der Waals surface area contributed by atoms with Crippen LogP contribution in [0.3, 0.4) is 0 Å². The molecule has 0 aliphatic rings. The first-order valence-corrected chi connectivity index (χ1v) is 4.94. The van der Waals surface area contributed by atoms with Crippen LogP contribution >= 0.6 is 0 Å². The van der Waals surface area contributed by atoms with Crippen molar-refractivity contribution in [2.75, 3.05) is 20.3 Å². The molecule has 1 rings (SSSR count). The highest BCUT2D eigenvalue weighted by atomic mass is 16.7. The van der Waals surface area contributed by atoms with E-state index < -0.39 is 0 Å². The van der Waals surface area contributed by atoms with Crippen molar-refractivity contribution >= 4 is 5.91 Å². The van der Waals surface area contributed by atoms with Gasteiger partial charge in [0.1, 0.15) is 0 Å². The average molecular weight is 225 g/mol. The number of rotatable bonds is 6. The highest BCUT2D eigenvalue weighted by molar-refractivity contribution is 5.76. The van der Waals surface area contributed by atoms with E-state index in [1.807, 2.05) is 6.07 Å². The van der Waals surface area contributed by atoms with E-state index in [4.69, 9.17) is 14.3 Å². The van der Waals surface area contributed by atoms with Gasteiger partial charge >= 0.3 is 0 Å². The molecule has 0 saturated heterocycles. The molecule has 0 aromatic heterocycles. The van der Waals surface area contributed by atoms with Crippen molar-refractivity contribution in [3.8, 4) is 11.5 Å². The molecule has 0 heterocycles. The van der Waals surface area contributed by atoms with E-state index in [2.05, 4.69) is 5.48 Å². The van der Waals surface area contributed by atoms with Crippen molar-refractivity contribution < 1.29 is 19.1 Å². The van der Waals surface area contributed by atoms with Crippen LogP contribution in [0.2, 0.25) is 0 Å². The maximum Gasteiger partial charge on any atom is 0.281 e. The predicted molar refractivity (Wildman–Crippen MR) is 58.3 cm³/mol. The number of para-hydroxylation sites is 2. The van der Waals surface area contributed by atoms with Gasteiger partial charge in [-0.25, -0.2) is 5.48 Å². The highest BCUT2D eigenvalue weighted by Gasteiger charge is 2.06. The summed E-state index contributed by atoms with van der Waals surface area (Å²) in [5.74, 6) is 0.774. The number of benzene rings is 1. The van der Waals surface area contributed by atoms with Crippen molar-refractivity contribution in [3.63, 3.8) is 0 Å². The molecule has 5 nitrogen and oxygen atoms in total. The zero-order valence-electron chi connectivity index (χ0n) is 9.36. The van der Waals surface area contributed by atoms with Crippen LogP contribution in [0.1, 0.15) is 6.92 Å². The summed E-state index contributed by atoms with van der Waals surface area (Å²) in [6.45, 7) is 2.09. The number of carbonyl (C=O) groups is 1. The Kier molecular flexibility index (Phi) is 5.15. The molecule has 0 saturated carbocycles. The quantitative estimate of drug-likeness (QED) is 0.738. The van der Waals surface area contributed by atoms with Gasteiger partial charge in [-0.15, -0.1) is 0 Å². The zero-order valence-corrected chi connectivity index (χ0v) is 9.36. The molecule has 1 aromatic rings. The van der Waals surface area contributed by atoms with Crippen molar-refractivity contribution in [3.05, 3.63) is 24.3 Å². The molecule has 16 heavy (non-hydrogen) atoms. The predicted octanol–water partition coefficient (Wildman–Crippen LogP) is 1.14. The number of methoxy groups -OCH3 is 1. The lowest BCUT2D eigenvalue weighted by Crippen LogP contribution is -2.29. The standard InChI is InChI=1S/C11H15NO4/c1-3-16-12-11(13)8-15-10-7-5-4-6-9(10)14-2/h4-7H,3,8H2,1-2H3,(H,12,13). The topological polar surface area (TPSA) is 56.8 Å². The SMILES string of the molecule is CCONC(=O)COc1ccccc1OC. The second kappa shape index (κ2) is 6.68. The Morgan fingerprint density at radius 3 is 2.62 bits per heavy atom. The van der Waals surface area contributed by atoms with Crippen LogP contribution in [0.25, 0.3) is 0 Å². The summed E-state index contributed by atoms with van der Waals surface area (Å²) in [4.78, 5) is 15.9. The van der Waals surface area contributed by atoms with E-state index in [1.54, 1.807) is 32.2 Å². The lowest BCUT2D eigenvalue weighted by Gasteiger charge is -2.09. The van der Waals surface area contributed by atoms with Crippen molar-refractivity contribution in [1.29, 1.82) is 0 Å². The minimum absolute atomic E-state index is 0.111. The van der Waals surface area contributed by atoms with Crippen molar-refractivity contribution in [2.45, 2.75) is 6.92 Å². The Morgan fingerprint density at radius 1 is 1.31 bits per heavy atom. The number of ether oxygens (including phenoxy) is 2. The number of nitrogens with one attached hydrogen (secondary N) is 1. The normalized spacial score (nSPS) is 9.62. The summed E-state index contributed by atoms with van der Waals surface area (Å²) in [7, 11) is 1.54. The molecule has 1 N–H and O–H groups in total. The molecular weight excluding hydrogens is 210 g/mol. The summed E-state index contributed by atoms with van der Waals surface area (Å²) in [6, 6.07) is 7.12.